The van der Waals surface area contributed by atoms with E-state index in [4.69, 9.17) is 11.6 Å². The third-order valence-corrected chi connectivity index (χ3v) is 1.77. The zero-order valence-corrected chi connectivity index (χ0v) is 8.10. The van der Waals surface area contributed by atoms with Crippen LogP contribution in [0, 0.1) is 3.70 Å². The normalized spacial score (nSPS) is 10.6. The summed E-state index contributed by atoms with van der Waals surface area (Å²) < 4.78 is 24.5. The molecule has 0 aromatic carbocycles. The molecular weight excluding hydrogens is 286 g/mol. The fraction of sp³-hybridized carbons (Fsp3) is 0.167. The molecule has 0 saturated carbocycles. The first-order valence-electron chi connectivity index (χ1n) is 2.70. The molecule has 0 spiro atoms. The van der Waals surface area contributed by atoms with Crippen molar-refractivity contribution in [1.82, 2.24) is 4.98 Å². The van der Waals surface area contributed by atoms with Gasteiger partial charge in [-0.1, -0.05) is 11.6 Å². The Labute approximate surface area is 80.9 Å². The van der Waals surface area contributed by atoms with Gasteiger partial charge in [0.15, 0.2) is 0 Å². The van der Waals surface area contributed by atoms with E-state index in [1.165, 1.54) is 6.07 Å². The number of hydrogen-bond donors (Lipinski definition) is 0. The Morgan fingerprint density at radius 2 is 2.09 bits per heavy atom. The molecule has 60 valence electrons. The zero-order chi connectivity index (χ0) is 8.43. The maximum absolute atomic E-state index is 12.0. The van der Waals surface area contributed by atoms with Crippen LogP contribution in [0.2, 0.25) is 5.02 Å². The third kappa shape index (κ3) is 2.52. The lowest BCUT2D eigenvalue weighted by Gasteiger charge is -1.99. The highest BCUT2D eigenvalue weighted by molar-refractivity contribution is 14.1. The quantitative estimate of drug-likeness (QED) is 0.571. The fourth-order valence-corrected chi connectivity index (χ4v) is 1.61. The summed E-state index contributed by atoms with van der Waals surface area (Å²) in [6.45, 7) is 0. The number of halogens is 4. The van der Waals surface area contributed by atoms with Crippen molar-refractivity contribution in [3.8, 4) is 0 Å². The summed E-state index contributed by atoms with van der Waals surface area (Å²) in [5, 5.41) is 0.291. The van der Waals surface area contributed by atoms with Crippen molar-refractivity contribution in [2.45, 2.75) is 6.43 Å². The maximum atomic E-state index is 12.0. The maximum Gasteiger partial charge on any atom is 0.280 e. The summed E-state index contributed by atoms with van der Waals surface area (Å²) in [6.07, 6.45) is -2.55. The van der Waals surface area contributed by atoms with E-state index in [9.17, 15) is 8.78 Å². The van der Waals surface area contributed by atoms with Gasteiger partial charge in [-0.15, -0.1) is 0 Å². The third-order valence-electron chi connectivity index (χ3n) is 1.00. The smallest absolute Gasteiger partial charge is 0.241 e. The molecule has 1 nitrogen and oxygen atoms in total. The van der Waals surface area contributed by atoms with Crippen LogP contribution < -0.4 is 0 Å². The molecule has 1 rings (SSSR count). The second kappa shape index (κ2) is 3.62. The first kappa shape index (κ1) is 9.12. The van der Waals surface area contributed by atoms with Gasteiger partial charge >= 0.3 is 0 Å². The predicted octanol–water partition coefficient (Wildman–Crippen LogP) is 3.28. The van der Waals surface area contributed by atoms with Crippen LogP contribution in [0.3, 0.4) is 0 Å². The van der Waals surface area contributed by atoms with Crippen LogP contribution in [0.4, 0.5) is 8.78 Å². The van der Waals surface area contributed by atoms with Crippen molar-refractivity contribution in [2.24, 2.45) is 0 Å². The van der Waals surface area contributed by atoms with Crippen molar-refractivity contribution in [2.75, 3.05) is 0 Å². The van der Waals surface area contributed by atoms with Gasteiger partial charge in [0.2, 0.25) is 0 Å². The summed E-state index contributed by atoms with van der Waals surface area (Å²) in [7, 11) is 0. The van der Waals surface area contributed by atoms with Gasteiger partial charge in [0, 0.05) is 5.02 Å². The van der Waals surface area contributed by atoms with Crippen LogP contribution >= 0.6 is 34.2 Å². The topological polar surface area (TPSA) is 12.9 Å². The van der Waals surface area contributed by atoms with E-state index in [0.29, 0.717) is 8.72 Å². The summed E-state index contributed by atoms with van der Waals surface area (Å²) in [6, 6.07) is 2.68. The largest absolute Gasteiger partial charge is 0.280 e. The van der Waals surface area contributed by atoms with Crippen LogP contribution in [-0.4, -0.2) is 4.98 Å². The van der Waals surface area contributed by atoms with Crippen LogP contribution in [-0.2, 0) is 0 Å². The average Bonchev–Trinajstić information content (AvgIpc) is 1.85. The van der Waals surface area contributed by atoms with Gasteiger partial charge in [-0.2, -0.15) is 0 Å². The lowest BCUT2D eigenvalue weighted by atomic mass is 10.4. The molecule has 0 fully saturated rings. The number of nitrogens with zero attached hydrogens (tertiary/aromatic N) is 1. The molecule has 0 N–H and O–H groups in total. The number of rotatable bonds is 1. The molecule has 1 aromatic heterocycles. The van der Waals surface area contributed by atoms with E-state index in [-0.39, 0.29) is 5.69 Å². The summed E-state index contributed by atoms with van der Waals surface area (Å²) >= 11 is 7.35. The lowest BCUT2D eigenvalue weighted by Crippen LogP contribution is -1.91. The van der Waals surface area contributed by atoms with Crippen LogP contribution in [0.25, 0.3) is 0 Å². The summed E-state index contributed by atoms with van der Waals surface area (Å²) in [5.41, 5.74) is -0.276. The first-order valence-corrected chi connectivity index (χ1v) is 4.16. The Morgan fingerprint density at radius 1 is 1.45 bits per heavy atom. The first-order chi connectivity index (χ1) is 5.09. The Hall–Kier alpha value is 0.0300. The van der Waals surface area contributed by atoms with Gasteiger partial charge in [-0.25, -0.2) is 13.8 Å². The van der Waals surface area contributed by atoms with Crippen molar-refractivity contribution in [3.63, 3.8) is 0 Å². The lowest BCUT2D eigenvalue weighted by molar-refractivity contribution is 0.146. The van der Waals surface area contributed by atoms with Crippen molar-refractivity contribution in [3.05, 3.63) is 26.5 Å². The number of alkyl halides is 2. The van der Waals surface area contributed by atoms with E-state index in [1.807, 2.05) is 22.6 Å². The molecule has 0 bridgehead atoms. The Bertz CT molecular complexity index is 247. The molecule has 0 unspecified atom stereocenters. The molecule has 0 aliphatic carbocycles. The number of aromatic nitrogens is 1. The molecule has 0 saturated heterocycles. The van der Waals surface area contributed by atoms with Gasteiger partial charge in [0.05, 0.1) is 0 Å². The van der Waals surface area contributed by atoms with Crippen molar-refractivity contribution in [1.29, 1.82) is 0 Å². The van der Waals surface area contributed by atoms with Gasteiger partial charge in [0.25, 0.3) is 6.43 Å². The van der Waals surface area contributed by atoms with Gasteiger partial charge in [-0.05, 0) is 34.7 Å². The second-order valence-electron chi connectivity index (χ2n) is 1.83. The zero-order valence-electron chi connectivity index (χ0n) is 5.19. The highest BCUT2D eigenvalue weighted by Crippen LogP contribution is 2.21. The van der Waals surface area contributed by atoms with Crippen LogP contribution in [0.5, 0.6) is 0 Å². The average molecular weight is 289 g/mol. The monoisotopic (exact) mass is 289 g/mol. The van der Waals surface area contributed by atoms with Crippen LogP contribution in [0.15, 0.2) is 12.1 Å². The van der Waals surface area contributed by atoms with Gasteiger partial charge in [0.1, 0.15) is 9.39 Å². The molecule has 0 amide bonds. The molecule has 0 atom stereocenters. The Kier molecular flexibility index (Phi) is 3.00. The van der Waals surface area contributed by atoms with Crippen molar-refractivity contribution >= 4 is 34.2 Å². The fourth-order valence-electron chi connectivity index (χ4n) is 0.596. The minimum absolute atomic E-state index is 0.276. The van der Waals surface area contributed by atoms with Gasteiger partial charge in [-0.3, -0.25) is 0 Å². The van der Waals surface area contributed by atoms with E-state index in [1.54, 1.807) is 0 Å². The highest BCUT2D eigenvalue weighted by Gasteiger charge is 2.09. The molecule has 1 aromatic rings. The second-order valence-corrected chi connectivity index (χ2v) is 3.38. The SMILES string of the molecule is FC(F)c1cc(Cl)cc(I)n1. The van der Waals surface area contributed by atoms with E-state index >= 15 is 0 Å². The molecule has 1 heterocycles. The number of hydrogen-bond acceptors (Lipinski definition) is 1. The minimum Gasteiger partial charge on any atom is -0.241 e. The highest BCUT2D eigenvalue weighted by atomic mass is 127. The Morgan fingerprint density at radius 3 is 2.55 bits per heavy atom. The van der Waals surface area contributed by atoms with E-state index in [2.05, 4.69) is 4.98 Å². The molecule has 5 heteroatoms. The minimum atomic E-state index is -2.55. The summed E-state index contributed by atoms with van der Waals surface area (Å²) in [4.78, 5) is 3.59. The molecule has 0 aliphatic rings. The summed E-state index contributed by atoms with van der Waals surface area (Å²) in [5.74, 6) is 0. The van der Waals surface area contributed by atoms with Gasteiger partial charge < -0.3 is 0 Å². The standard InChI is InChI=1S/C6H3ClF2IN/c7-3-1-4(6(8)9)11-5(10)2-3/h1-2,6H. The molecule has 0 radical (unpaired) electrons. The van der Waals surface area contributed by atoms with Crippen molar-refractivity contribution < 1.29 is 8.78 Å². The number of pyridine rings is 1. The van der Waals surface area contributed by atoms with E-state index < -0.39 is 6.43 Å². The molecule has 0 aliphatic heterocycles. The Balaban J connectivity index is 3.08. The van der Waals surface area contributed by atoms with E-state index in [0.717, 1.165) is 6.07 Å². The predicted molar refractivity (Wildman–Crippen MR) is 46.9 cm³/mol. The molecular formula is C6H3ClF2IN. The molecule has 11 heavy (non-hydrogen) atoms. The van der Waals surface area contributed by atoms with Crippen LogP contribution in [0.1, 0.15) is 12.1 Å².